The summed E-state index contributed by atoms with van der Waals surface area (Å²) in [5.41, 5.74) is 2.16. The van der Waals surface area contributed by atoms with Crippen LogP contribution in [0, 0.1) is 6.92 Å². The van der Waals surface area contributed by atoms with Crippen LogP contribution in [-0.4, -0.2) is 50.5 Å². The van der Waals surface area contributed by atoms with Gasteiger partial charge in [-0.1, -0.05) is 24.3 Å². The zero-order valence-electron chi connectivity index (χ0n) is 17.3. The van der Waals surface area contributed by atoms with Crippen LogP contribution in [0.4, 0.5) is 5.69 Å². The van der Waals surface area contributed by atoms with Gasteiger partial charge in [0.1, 0.15) is 0 Å². The second-order valence-corrected chi connectivity index (χ2v) is 9.38. The minimum Gasteiger partial charge on any atom is -0.373 e. The number of rotatable bonds is 5. The number of hydrogen-bond donors (Lipinski definition) is 0. The molecule has 156 valence electrons. The van der Waals surface area contributed by atoms with Crippen LogP contribution in [0.1, 0.15) is 36.7 Å². The van der Waals surface area contributed by atoms with Gasteiger partial charge in [-0.05, 0) is 57.5 Å². The molecular weight excluding hydrogens is 388 g/mol. The van der Waals surface area contributed by atoms with Gasteiger partial charge < -0.3 is 9.64 Å². The van der Waals surface area contributed by atoms with Gasteiger partial charge in [-0.25, -0.2) is 8.42 Å². The number of benzene rings is 2. The van der Waals surface area contributed by atoms with Crippen molar-refractivity contribution in [3.63, 3.8) is 0 Å². The van der Waals surface area contributed by atoms with Gasteiger partial charge in [0, 0.05) is 30.9 Å². The monoisotopic (exact) mass is 416 g/mol. The first-order valence-electron chi connectivity index (χ1n) is 9.87. The van der Waals surface area contributed by atoms with Gasteiger partial charge in [0.25, 0.3) is 5.91 Å². The summed E-state index contributed by atoms with van der Waals surface area (Å²) in [6, 6.07) is 14.0. The third-order valence-electron chi connectivity index (χ3n) is 5.07. The summed E-state index contributed by atoms with van der Waals surface area (Å²) in [5.74, 6) is -0.220. The number of morpholine rings is 1. The molecule has 1 aliphatic rings. The highest BCUT2D eigenvalue weighted by Crippen LogP contribution is 2.25. The maximum atomic E-state index is 13.2. The summed E-state index contributed by atoms with van der Waals surface area (Å²) < 4.78 is 33.4. The number of nitrogens with zero attached hydrogens (tertiary/aromatic N) is 2. The van der Waals surface area contributed by atoms with Gasteiger partial charge in [-0.2, -0.15) is 4.31 Å². The SMILES string of the molecule is CCN(C(=O)c1cccc(S(=O)(=O)N2CC(C)OC(C)C2)c1)c1ccccc1C. The number of carbonyl (C=O) groups excluding carboxylic acids is 1. The Balaban J connectivity index is 1.92. The summed E-state index contributed by atoms with van der Waals surface area (Å²) in [7, 11) is -3.71. The molecule has 0 aliphatic carbocycles. The van der Waals surface area contributed by atoms with Gasteiger partial charge in [-0.15, -0.1) is 0 Å². The number of aryl methyl sites for hydroxylation is 1. The third kappa shape index (κ3) is 4.52. The van der Waals surface area contributed by atoms with Crippen molar-refractivity contribution in [3.8, 4) is 0 Å². The van der Waals surface area contributed by atoms with Crippen LogP contribution in [0.5, 0.6) is 0 Å². The fourth-order valence-corrected chi connectivity index (χ4v) is 5.35. The van der Waals surface area contributed by atoms with E-state index >= 15 is 0 Å². The second-order valence-electron chi connectivity index (χ2n) is 7.44. The second kappa shape index (κ2) is 8.65. The van der Waals surface area contributed by atoms with E-state index in [4.69, 9.17) is 4.74 Å². The van der Waals surface area contributed by atoms with Crippen LogP contribution in [0.3, 0.4) is 0 Å². The number of sulfonamides is 1. The Morgan fingerprint density at radius 3 is 2.38 bits per heavy atom. The van der Waals surface area contributed by atoms with Crippen molar-refractivity contribution in [2.45, 2.75) is 44.8 Å². The number of carbonyl (C=O) groups is 1. The summed E-state index contributed by atoms with van der Waals surface area (Å²) in [6.07, 6.45) is -0.343. The lowest BCUT2D eigenvalue weighted by atomic mass is 10.1. The van der Waals surface area contributed by atoms with Gasteiger partial charge in [0.2, 0.25) is 10.0 Å². The van der Waals surface area contributed by atoms with Crippen molar-refractivity contribution in [2.75, 3.05) is 24.5 Å². The molecule has 3 rings (SSSR count). The van der Waals surface area contributed by atoms with E-state index in [0.29, 0.717) is 25.2 Å². The first-order valence-corrected chi connectivity index (χ1v) is 11.3. The van der Waals surface area contributed by atoms with Crippen LogP contribution < -0.4 is 4.90 Å². The number of amides is 1. The molecule has 0 spiro atoms. The Kier molecular flexibility index (Phi) is 6.41. The first kappa shape index (κ1) is 21.5. The summed E-state index contributed by atoms with van der Waals surface area (Å²) in [4.78, 5) is 15.0. The highest BCUT2D eigenvalue weighted by atomic mass is 32.2. The minimum atomic E-state index is -3.71. The minimum absolute atomic E-state index is 0.130. The number of ether oxygens (including phenoxy) is 1. The normalized spacial score (nSPS) is 20.4. The molecule has 6 nitrogen and oxygen atoms in total. The van der Waals surface area contributed by atoms with Crippen molar-refractivity contribution < 1.29 is 17.9 Å². The molecule has 1 heterocycles. The Bertz CT molecular complexity index is 980. The quantitative estimate of drug-likeness (QED) is 0.749. The highest BCUT2D eigenvalue weighted by Gasteiger charge is 2.32. The lowest BCUT2D eigenvalue weighted by Crippen LogP contribution is -2.48. The van der Waals surface area contributed by atoms with Gasteiger partial charge in [-0.3, -0.25) is 4.79 Å². The summed E-state index contributed by atoms with van der Waals surface area (Å²) in [5, 5.41) is 0. The predicted molar refractivity (Wildman–Crippen MR) is 114 cm³/mol. The molecule has 2 aromatic carbocycles. The van der Waals surface area contributed by atoms with Crippen LogP contribution in [0.15, 0.2) is 53.4 Å². The summed E-state index contributed by atoms with van der Waals surface area (Å²) >= 11 is 0. The standard InChI is InChI=1S/C22H28N2O4S/c1-5-24(21-12-7-6-9-16(21)2)22(25)19-10-8-11-20(13-19)29(26,27)23-14-17(3)28-18(4)15-23/h6-13,17-18H,5,14-15H2,1-4H3. The fourth-order valence-electron chi connectivity index (χ4n) is 3.71. The van der Waals surface area contributed by atoms with Crippen molar-refractivity contribution in [1.82, 2.24) is 4.31 Å². The maximum Gasteiger partial charge on any atom is 0.258 e. The van der Waals surface area contributed by atoms with Gasteiger partial charge >= 0.3 is 0 Å². The van der Waals surface area contributed by atoms with Gasteiger partial charge in [0.15, 0.2) is 0 Å². The molecule has 1 saturated heterocycles. The van der Waals surface area contributed by atoms with Crippen molar-refractivity contribution in [2.24, 2.45) is 0 Å². The molecule has 1 amide bonds. The highest BCUT2D eigenvalue weighted by molar-refractivity contribution is 7.89. The molecule has 0 N–H and O–H groups in total. The molecule has 29 heavy (non-hydrogen) atoms. The van der Waals surface area contributed by atoms with Gasteiger partial charge in [0.05, 0.1) is 17.1 Å². The molecule has 0 bridgehead atoms. The molecule has 2 atom stereocenters. The molecule has 0 saturated carbocycles. The topological polar surface area (TPSA) is 66.9 Å². The average molecular weight is 417 g/mol. The van der Waals surface area contributed by atoms with E-state index in [2.05, 4.69) is 0 Å². The summed E-state index contributed by atoms with van der Waals surface area (Å²) in [6.45, 7) is 8.66. The maximum absolute atomic E-state index is 13.2. The van der Waals surface area contributed by atoms with Crippen molar-refractivity contribution >= 4 is 21.6 Å². The average Bonchev–Trinajstić information content (AvgIpc) is 2.69. The van der Waals surface area contributed by atoms with E-state index in [9.17, 15) is 13.2 Å². The zero-order valence-corrected chi connectivity index (χ0v) is 18.1. The van der Waals surface area contributed by atoms with Crippen LogP contribution >= 0.6 is 0 Å². The smallest absolute Gasteiger partial charge is 0.258 e. The predicted octanol–water partition coefficient (Wildman–Crippen LogP) is 3.46. The Morgan fingerprint density at radius 2 is 1.76 bits per heavy atom. The first-order chi connectivity index (χ1) is 13.7. The van der Waals surface area contributed by atoms with Crippen LogP contribution in [-0.2, 0) is 14.8 Å². The molecule has 0 aromatic heterocycles. The molecule has 2 aromatic rings. The fraction of sp³-hybridized carbons (Fsp3) is 0.409. The number of para-hydroxylation sites is 1. The van der Waals surface area contributed by atoms with Crippen molar-refractivity contribution in [3.05, 3.63) is 59.7 Å². The molecular formula is C22H28N2O4S. The number of anilines is 1. The third-order valence-corrected chi connectivity index (χ3v) is 6.90. The lowest BCUT2D eigenvalue weighted by Gasteiger charge is -2.34. The Hall–Kier alpha value is -2.22. The Labute approximate surface area is 173 Å². The van der Waals surface area contributed by atoms with Crippen LogP contribution in [0.25, 0.3) is 0 Å². The number of hydrogen-bond acceptors (Lipinski definition) is 4. The van der Waals surface area contributed by atoms with E-state index < -0.39 is 10.0 Å². The molecule has 2 unspecified atom stereocenters. The zero-order chi connectivity index (χ0) is 21.2. The molecule has 1 fully saturated rings. The van der Waals surface area contributed by atoms with E-state index in [1.54, 1.807) is 23.1 Å². The molecule has 0 radical (unpaired) electrons. The Morgan fingerprint density at radius 1 is 1.10 bits per heavy atom. The molecule has 7 heteroatoms. The lowest BCUT2D eigenvalue weighted by molar-refractivity contribution is -0.0440. The molecule has 1 aliphatic heterocycles. The van der Waals surface area contributed by atoms with E-state index in [-0.39, 0.29) is 23.0 Å². The van der Waals surface area contributed by atoms with E-state index in [0.717, 1.165) is 11.3 Å². The van der Waals surface area contributed by atoms with Crippen molar-refractivity contribution in [1.29, 1.82) is 0 Å². The van der Waals surface area contributed by atoms with E-state index in [1.807, 2.05) is 52.0 Å². The van der Waals surface area contributed by atoms with Crippen LogP contribution in [0.2, 0.25) is 0 Å². The largest absolute Gasteiger partial charge is 0.373 e. The van der Waals surface area contributed by atoms with E-state index in [1.165, 1.54) is 10.4 Å².